The number of aliphatic hydroxyl groups excluding tert-OH is 3. The fourth-order valence-electron chi connectivity index (χ4n) is 2.57. The van der Waals surface area contributed by atoms with E-state index in [1.54, 1.807) is 6.08 Å². The van der Waals surface area contributed by atoms with E-state index < -0.39 is 37.1 Å². The zero-order valence-corrected chi connectivity index (χ0v) is 13.4. The number of carbonyl (C=O) groups is 1. The molecule has 9 nitrogen and oxygen atoms in total. The van der Waals surface area contributed by atoms with Gasteiger partial charge in [0.25, 0.3) is 5.91 Å². The SMILES string of the molecule is NC(=O)c1nc(/C=C\c2ccc(F)cc2)n([C@@H]2O[C@H](CO)[C@@H](O)[C@H]2O)n1. The van der Waals surface area contributed by atoms with E-state index in [2.05, 4.69) is 10.1 Å². The number of primary amides is 1. The Hall–Kier alpha value is -2.66. The molecule has 0 aliphatic carbocycles. The first-order valence-electron chi connectivity index (χ1n) is 7.73. The Morgan fingerprint density at radius 1 is 1.27 bits per heavy atom. The highest BCUT2D eigenvalue weighted by atomic mass is 19.1. The zero-order valence-electron chi connectivity index (χ0n) is 13.4. The van der Waals surface area contributed by atoms with E-state index >= 15 is 0 Å². The van der Waals surface area contributed by atoms with Gasteiger partial charge in [0.2, 0.25) is 5.82 Å². The summed E-state index contributed by atoms with van der Waals surface area (Å²) in [7, 11) is 0. The Morgan fingerprint density at radius 2 is 1.96 bits per heavy atom. The average molecular weight is 364 g/mol. The maximum atomic E-state index is 13.0. The van der Waals surface area contributed by atoms with E-state index in [0.29, 0.717) is 5.56 Å². The van der Waals surface area contributed by atoms with Crippen LogP contribution in [-0.2, 0) is 4.74 Å². The molecule has 4 atom stereocenters. The van der Waals surface area contributed by atoms with Crippen LogP contribution in [0.2, 0.25) is 0 Å². The normalized spacial score (nSPS) is 25.8. The molecule has 10 heteroatoms. The summed E-state index contributed by atoms with van der Waals surface area (Å²) >= 11 is 0. The lowest BCUT2D eigenvalue weighted by Crippen LogP contribution is -2.33. The monoisotopic (exact) mass is 364 g/mol. The quantitative estimate of drug-likeness (QED) is 0.549. The Bertz CT molecular complexity index is 823. The van der Waals surface area contributed by atoms with Gasteiger partial charge in [0.15, 0.2) is 12.1 Å². The second-order valence-electron chi connectivity index (χ2n) is 5.72. The third-order valence-electron chi connectivity index (χ3n) is 3.93. The van der Waals surface area contributed by atoms with Gasteiger partial charge in [-0.1, -0.05) is 18.2 Å². The number of halogens is 1. The summed E-state index contributed by atoms with van der Waals surface area (Å²) in [5.74, 6) is -1.45. The molecule has 0 saturated carbocycles. The first-order chi connectivity index (χ1) is 12.4. The lowest BCUT2D eigenvalue weighted by atomic mass is 10.1. The Kier molecular flexibility index (Phi) is 5.09. The highest BCUT2D eigenvalue weighted by molar-refractivity contribution is 5.89. The van der Waals surface area contributed by atoms with Crippen molar-refractivity contribution in [3.05, 3.63) is 47.3 Å². The minimum atomic E-state index is -1.40. The topological polar surface area (TPSA) is 144 Å². The molecule has 0 bridgehead atoms. The summed E-state index contributed by atoms with van der Waals surface area (Å²) in [6.07, 6.45) is -1.85. The van der Waals surface area contributed by atoms with Gasteiger partial charge in [-0.2, -0.15) is 0 Å². The molecule has 1 aromatic carbocycles. The largest absolute Gasteiger partial charge is 0.394 e. The van der Waals surface area contributed by atoms with Gasteiger partial charge in [-0.15, -0.1) is 5.10 Å². The second kappa shape index (κ2) is 7.30. The molecule has 3 rings (SSSR count). The molecule has 5 N–H and O–H groups in total. The molecule has 1 aliphatic heterocycles. The van der Waals surface area contributed by atoms with Gasteiger partial charge < -0.3 is 25.8 Å². The van der Waals surface area contributed by atoms with Gasteiger partial charge in [-0.25, -0.2) is 14.1 Å². The third kappa shape index (κ3) is 3.48. The van der Waals surface area contributed by atoms with Crippen LogP contribution < -0.4 is 5.73 Å². The highest BCUT2D eigenvalue weighted by Gasteiger charge is 2.44. The van der Waals surface area contributed by atoms with Crippen molar-refractivity contribution < 1.29 is 29.2 Å². The Morgan fingerprint density at radius 3 is 2.54 bits per heavy atom. The molecule has 1 fully saturated rings. The number of benzene rings is 1. The first-order valence-corrected chi connectivity index (χ1v) is 7.73. The molecular weight excluding hydrogens is 347 g/mol. The van der Waals surface area contributed by atoms with Gasteiger partial charge in [-0.3, -0.25) is 4.79 Å². The maximum Gasteiger partial charge on any atom is 0.288 e. The summed E-state index contributed by atoms with van der Waals surface area (Å²) in [6, 6.07) is 5.64. The van der Waals surface area contributed by atoms with Crippen LogP contribution >= 0.6 is 0 Å². The Balaban J connectivity index is 1.94. The number of ether oxygens (including phenoxy) is 1. The second-order valence-corrected chi connectivity index (χ2v) is 5.72. The lowest BCUT2D eigenvalue weighted by molar-refractivity contribution is -0.0591. The smallest absolute Gasteiger partial charge is 0.288 e. The Labute approximate surface area is 147 Å². The fraction of sp³-hybridized carbons (Fsp3) is 0.312. The highest BCUT2D eigenvalue weighted by Crippen LogP contribution is 2.30. The van der Waals surface area contributed by atoms with Gasteiger partial charge in [0, 0.05) is 0 Å². The van der Waals surface area contributed by atoms with Gasteiger partial charge in [0.05, 0.1) is 6.61 Å². The molecular formula is C16H17FN4O5. The number of nitrogens with zero attached hydrogens (tertiary/aromatic N) is 3. The summed E-state index contributed by atoms with van der Waals surface area (Å²) in [5.41, 5.74) is 5.85. The molecule has 0 radical (unpaired) electrons. The van der Waals surface area contributed by atoms with Crippen LogP contribution in [0.25, 0.3) is 12.2 Å². The predicted octanol–water partition coefficient (Wildman–Crippen LogP) is -0.702. The third-order valence-corrected chi connectivity index (χ3v) is 3.93. The van der Waals surface area contributed by atoms with Crippen LogP contribution in [0.5, 0.6) is 0 Å². The maximum absolute atomic E-state index is 13.0. The molecule has 1 amide bonds. The standard InChI is InChI=1S/C16H17FN4O5/c17-9-4-1-8(2-5-9)3-6-11-19-15(14(18)25)20-21(11)16-13(24)12(23)10(7-22)26-16/h1-6,10,12-13,16,22-24H,7H2,(H2,18,25)/b6-3-/t10-,12-,13-,16-/m1/s1. The van der Waals surface area contributed by atoms with Gasteiger partial charge >= 0.3 is 0 Å². The van der Waals surface area contributed by atoms with Crippen molar-refractivity contribution in [2.75, 3.05) is 6.61 Å². The van der Waals surface area contributed by atoms with E-state index in [-0.39, 0.29) is 17.5 Å². The molecule has 1 saturated heterocycles. The molecule has 2 aromatic rings. The van der Waals surface area contributed by atoms with Crippen molar-refractivity contribution in [2.45, 2.75) is 24.5 Å². The average Bonchev–Trinajstić information content (AvgIpc) is 3.16. The van der Waals surface area contributed by atoms with Crippen molar-refractivity contribution in [3.63, 3.8) is 0 Å². The van der Waals surface area contributed by atoms with Gasteiger partial charge in [-0.05, 0) is 23.8 Å². The van der Waals surface area contributed by atoms with Crippen LogP contribution in [0.4, 0.5) is 4.39 Å². The van der Waals surface area contributed by atoms with Crippen LogP contribution in [0, 0.1) is 5.82 Å². The van der Waals surface area contributed by atoms with E-state index in [4.69, 9.17) is 10.5 Å². The summed E-state index contributed by atoms with van der Waals surface area (Å²) < 4.78 is 19.5. The number of nitrogens with two attached hydrogens (primary N) is 1. The molecule has 0 spiro atoms. The van der Waals surface area contributed by atoms with E-state index in [9.17, 15) is 24.5 Å². The van der Waals surface area contributed by atoms with E-state index in [1.807, 2.05) is 0 Å². The van der Waals surface area contributed by atoms with Gasteiger partial charge in [0.1, 0.15) is 24.1 Å². The molecule has 2 heterocycles. The number of hydrogen-bond acceptors (Lipinski definition) is 7. The van der Waals surface area contributed by atoms with Crippen molar-refractivity contribution in [1.29, 1.82) is 0 Å². The number of hydrogen-bond donors (Lipinski definition) is 4. The van der Waals surface area contributed by atoms with Crippen molar-refractivity contribution in [2.24, 2.45) is 5.73 Å². The predicted molar refractivity (Wildman–Crippen MR) is 86.9 cm³/mol. The van der Waals surface area contributed by atoms with Crippen LogP contribution in [0.3, 0.4) is 0 Å². The van der Waals surface area contributed by atoms with Crippen molar-refractivity contribution in [3.8, 4) is 0 Å². The van der Waals surface area contributed by atoms with Crippen LogP contribution in [0.1, 0.15) is 28.2 Å². The summed E-state index contributed by atoms with van der Waals surface area (Å²) in [4.78, 5) is 15.4. The minimum absolute atomic E-state index is 0.123. The minimum Gasteiger partial charge on any atom is -0.394 e. The van der Waals surface area contributed by atoms with Crippen molar-refractivity contribution in [1.82, 2.24) is 14.8 Å². The number of amides is 1. The molecule has 26 heavy (non-hydrogen) atoms. The number of aromatic nitrogens is 3. The number of carbonyl (C=O) groups excluding carboxylic acids is 1. The molecule has 138 valence electrons. The molecule has 1 aromatic heterocycles. The van der Waals surface area contributed by atoms with Crippen LogP contribution in [0.15, 0.2) is 24.3 Å². The summed E-state index contributed by atoms with van der Waals surface area (Å²) in [6.45, 7) is -0.507. The van der Waals surface area contributed by atoms with E-state index in [0.717, 1.165) is 4.68 Å². The number of aliphatic hydroxyl groups is 3. The lowest BCUT2D eigenvalue weighted by Gasteiger charge is -2.15. The summed E-state index contributed by atoms with van der Waals surface area (Å²) in [5, 5.41) is 33.1. The fourth-order valence-corrected chi connectivity index (χ4v) is 2.57. The zero-order chi connectivity index (χ0) is 18.8. The number of rotatable bonds is 5. The molecule has 1 aliphatic rings. The molecule has 0 unspecified atom stereocenters. The first kappa shape index (κ1) is 18.1. The van der Waals surface area contributed by atoms with E-state index in [1.165, 1.54) is 30.3 Å². The van der Waals surface area contributed by atoms with Crippen molar-refractivity contribution >= 4 is 18.1 Å². The van der Waals surface area contributed by atoms with Crippen LogP contribution in [-0.4, -0.2) is 60.9 Å².